The topological polar surface area (TPSA) is 56.0 Å². The van der Waals surface area contributed by atoms with Gasteiger partial charge in [0.15, 0.2) is 0 Å². The zero-order valence-corrected chi connectivity index (χ0v) is 15.2. The van der Waals surface area contributed by atoms with E-state index in [4.69, 9.17) is 0 Å². The minimum Gasteiger partial charge on any atom is -0.336 e. The van der Waals surface area contributed by atoms with Crippen molar-refractivity contribution in [2.45, 2.75) is 32.7 Å². The average Bonchev–Trinajstić information content (AvgIpc) is 3.28. The van der Waals surface area contributed by atoms with Gasteiger partial charge in [0.25, 0.3) is 5.91 Å². The Morgan fingerprint density at radius 1 is 1.19 bits per heavy atom. The number of piperidine rings is 1. The van der Waals surface area contributed by atoms with E-state index in [2.05, 4.69) is 14.6 Å². The standard InChI is InChI=1S/C20H23N5O/c1-15-19(14-25(22-15)17-7-4-3-5-8-17)20(26)23-11-6-9-18(13-23)24-12-10-21-16(24)2/h3-5,7-8,10,12,14,18H,6,9,11,13H2,1-2H3/t18-/m1/s1. The molecule has 1 atom stereocenters. The van der Waals surface area contributed by atoms with E-state index in [-0.39, 0.29) is 5.91 Å². The summed E-state index contributed by atoms with van der Waals surface area (Å²) in [6.07, 6.45) is 7.75. The van der Waals surface area contributed by atoms with E-state index in [0.29, 0.717) is 18.2 Å². The number of carbonyl (C=O) groups excluding carboxylic acids is 1. The van der Waals surface area contributed by atoms with Gasteiger partial charge in [0.1, 0.15) is 5.82 Å². The van der Waals surface area contributed by atoms with Crippen LogP contribution >= 0.6 is 0 Å². The molecule has 0 spiro atoms. The third-order valence-electron chi connectivity index (χ3n) is 5.09. The van der Waals surface area contributed by atoms with Crippen LogP contribution in [0.15, 0.2) is 48.9 Å². The van der Waals surface area contributed by atoms with E-state index >= 15 is 0 Å². The van der Waals surface area contributed by atoms with Crippen LogP contribution in [0.2, 0.25) is 0 Å². The van der Waals surface area contributed by atoms with Crippen molar-refractivity contribution in [2.24, 2.45) is 0 Å². The lowest BCUT2D eigenvalue weighted by Crippen LogP contribution is -2.41. The highest BCUT2D eigenvalue weighted by Crippen LogP contribution is 2.24. The molecule has 1 aliphatic heterocycles. The first kappa shape index (κ1) is 16.6. The zero-order chi connectivity index (χ0) is 18.1. The summed E-state index contributed by atoms with van der Waals surface area (Å²) in [6.45, 7) is 5.41. The molecule has 6 heteroatoms. The predicted octanol–water partition coefficient (Wildman–Crippen LogP) is 3.16. The zero-order valence-electron chi connectivity index (χ0n) is 15.2. The third kappa shape index (κ3) is 3.03. The molecule has 3 aromatic rings. The Morgan fingerprint density at radius 2 is 2.00 bits per heavy atom. The average molecular weight is 349 g/mol. The minimum absolute atomic E-state index is 0.0622. The van der Waals surface area contributed by atoms with Gasteiger partial charge >= 0.3 is 0 Å². The van der Waals surface area contributed by atoms with Gasteiger partial charge in [0, 0.05) is 31.7 Å². The Balaban J connectivity index is 1.56. The summed E-state index contributed by atoms with van der Waals surface area (Å²) < 4.78 is 3.96. The van der Waals surface area contributed by atoms with Gasteiger partial charge in [0.2, 0.25) is 0 Å². The molecule has 1 saturated heterocycles. The van der Waals surface area contributed by atoms with Crippen LogP contribution in [-0.2, 0) is 0 Å². The molecule has 2 aromatic heterocycles. The number of para-hydroxylation sites is 1. The molecular weight excluding hydrogens is 326 g/mol. The van der Waals surface area contributed by atoms with Crippen LogP contribution in [0, 0.1) is 13.8 Å². The molecule has 0 radical (unpaired) electrons. The third-order valence-corrected chi connectivity index (χ3v) is 5.09. The highest BCUT2D eigenvalue weighted by atomic mass is 16.2. The molecule has 134 valence electrons. The number of likely N-dealkylation sites (tertiary alicyclic amines) is 1. The highest BCUT2D eigenvalue weighted by molar-refractivity contribution is 5.95. The molecule has 3 heterocycles. The molecule has 0 aliphatic carbocycles. The van der Waals surface area contributed by atoms with Crippen molar-refractivity contribution < 1.29 is 4.79 Å². The molecule has 0 bridgehead atoms. The van der Waals surface area contributed by atoms with Gasteiger partial charge in [0.05, 0.1) is 23.0 Å². The second kappa shape index (κ2) is 6.78. The number of benzene rings is 1. The van der Waals surface area contributed by atoms with Gasteiger partial charge in [-0.3, -0.25) is 4.79 Å². The highest BCUT2D eigenvalue weighted by Gasteiger charge is 2.28. The number of carbonyl (C=O) groups is 1. The lowest BCUT2D eigenvalue weighted by Gasteiger charge is -2.33. The number of imidazole rings is 1. The van der Waals surface area contributed by atoms with Crippen molar-refractivity contribution in [3.63, 3.8) is 0 Å². The first-order valence-electron chi connectivity index (χ1n) is 9.04. The van der Waals surface area contributed by atoms with Crippen molar-refractivity contribution in [3.8, 4) is 5.69 Å². The van der Waals surface area contributed by atoms with Crippen molar-refractivity contribution in [1.82, 2.24) is 24.2 Å². The maximum absolute atomic E-state index is 13.1. The molecule has 1 fully saturated rings. The summed E-state index contributed by atoms with van der Waals surface area (Å²) in [5.74, 6) is 1.06. The summed E-state index contributed by atoms with van der Waals surface area (Å²) in [5.41, 5.74) is 2.40. The van der Waals surface area contributed by atoms with Crippen LogP contribution in [0.3, 0.4) is 0 Å². The minimum atomic E-state index is 0.0622. The van der Waals surface area contributed by atoms with Crippen molar-refractivity contribution in [3.05, 3.63) is 66.0 Å². The van der Waals surface area contributed by atoms with Gasteiger partial charge in [-0.05, 0) is 38.8 Å². The Labute approximate surface area is 153 Å². The molecular formula is C20H23N5O. The Hall–Kier alpha value is -2.89. The summed E-state index contributed by atoms with van der Waals surface area (Å²) in [7, 11) is 0. The number of hydrogen-bond donors (Lipinski definition) is 0. The Bertz CT molecular complexity index is 911. The fraction of sp³-hybridized carbons (Fsp3) is 0.350. The van der Waals surface area contributed by atoms with E-state index in [9.17, 15) is 4.79 Å². The summed E-state index contributed by atoms with van der Waals surface area (Å²) >= 11 is 0. The molecule has 26 heavy (non-hydrogen) atoms. The number of hydrogen-bond acceptors (Lipinski definition) is 3. The predicted molar refractivity (Wildman–Crippen MR) is 99.4 cm³/mol. The first-order chi connectivity index (χ1) is 12.6. The molecule has 4 rings (SSSR count). The van der Waals surface area contributed by atoms with Crippen LogP contribution in [0.4, 0.5) is 0 Å². The quantitative estimate of drug-likeness (QED) is 0.730. The van der Waals surface area contributed by atoms with Crippen molar-refractivity contribution >= 4 is 5.91 Å². The fourth-order valence-electron chi connectivity index (χ4n) is 3.69. The molecule has 1 amide bonds. The molecule has 1 aromatic carbocycles. The number of amides is 1. The summed E-state index contributed by atoms with van der Waals surface area (Å²) in [4.78, 5) is 19.4. The molecule has 0 unspecified atom stereocenters. The van der Waals surface area contributed by atoms with Gasteiger partial charge in [-0.1, -0.05) is 18.2 Å². The first-order valence-corrected chi connectivity index (χ1v) is 9.04. The van der Waals surface area contributed by atoms with Gasteiger partial charge in [-0.15, -0.1) is 0 Å². The lowest BCUT2D eigenvalue weighted by molar-refractivity contribution is 0.0677. The smallest absolute Gasteiger partial charge is 0.257 e. The van der Waals surface area contributed by atoms with Gasteiger partial charge in [-0.25, -0.2) is 9.67 Å². The van der Waals surface area contributed by atoms with E-state index in [1.165, 1.54) is 0 Å². The number of nitrogens with zero attached hydrogens (tertiary/aromatic N) is 5. The monoisotopic (exact) mass is 349 g/mol. The molecule has 0 saturated carbocycles. The maximum atomic E-state index is 13.1. The number of aryl methyl sites for hydroxylation is 2. The Kier molecular flexibility index (Phi) is 4.32. The van der Waals surface area contributed by atoms with Crippen LogP contribution in [0.5, 0.6) is 0 Å². The van der Waals surface area contributed by atoms with E-state index in [1.807, 2.05) is 67.7 Å². The maximum Gasteiger partial charge on any atom is 0.257 e. The van der Waals surface area contributed by atoms with E-state index in [1.54, 1.807) is 4.68 Å². The Morgan fingerprint density at radius 3 is 2.73 bits per heavy atom. The van der Waals surface area contributed by atoms with Crippen LogP contribution < -0.4 is 0 Å². The van der Waals surface area contributed by atoms with Crippen molar-refractivity contribution in [1.29, 1.82) is 0 Å². The number of rotatable bonds is 3. The van der Waals surface area contributed by atoms with Gasteiger partial charge in [-0.2, -0.15) is 5.10 Å². The van der Waals surface area contributed by atoms with E-state index < -0.39 is 0 Å². The molecule has 0 N–H and O–H groups in total. The number of aromatic nitrogens is 4. The van der Waals surface area contributed by atoms with Crippen LogP contribution in [-0.4, -0.2) is 43.2 Å². The van der Waals surface area contributed by atoms with Crippen LogP contribution in [0.25, 0.3) is 5.69 Å². The second-order valence-corrected chi connectivity index (χ2v) is 6.84. The molecule has 6 nitrogen and oxygen atoms in total. The SMILES string of the molecule is Cc1nn(-c2ccccc2)cc1C(=O)N1CCC[C@@H](n2ccnc2C)C1. The lowest BCUT2D eigenvalue weighted by atomic mass is 10.0. The van der Waals surface area contributed by atoms with E-state index in [0.717, 1.165) is 36.6 Å². The largest absolute Gasteiger partial charge is 0.336 e. The second-order valence-electron chi connectivity index (χ2n) is 6.84. The van der Waals surface area contributed by atoms with Gasteiger partial charge < -0.3 is 9.47 Å². The summed E-state index contributed by atoms with van der Waals surface area (Å²) in [5, 5.41) is 4.53. The van der Waals surface area contributed by atoms with Crippen LogP contribution in [0.1, 0.15) is 40.8 Å². The van der Waals surface area contributed by atoms with Crippen molar-refractivity contribution in [2.75, 3.05) is 13.1 Å². The normalized spacial score (nSPS) is 17.5. The summed E-state index contributed by atoms with van der Waals surface area (Å²) in [6, 6.07) is 10.2. The molecule has 1 aliphatic rings. The fourth-order valence-corrected chi connectivity index (χ4v) is 3.69.